The summed E-state index contributed by atoms with van der Waals surface area (Å²) in [7, 11) is 1.34. The first kappa shape index (κ1) is 14.1. The number of furan rings is 1. The standard InChI is InChI=1S/C14H21NO4/c1-4-15-12(14(2)8-5-9-18-14)10-6-7-11(19-10)13(16)17-3/h6-7,12,15H,4-5,8-9H2,1-3H3. The Kier molecular flexibility index (Phi) is 4.27. The van der Waals surface area contributed by atoms with Gasteiger partial charge in [0.05, 0.1) is 18.8 Å². The molecular weight excluding hydrogens is 246 g/mol. The zero-order chi connectivity index (χ0) is 13.9. The van der Waals surface area contributed by atoms with Crippen molar-refractivity contribution in [2.45, 2.75) is 38.3 Å². The number of carbonyl (C=O) groups excluding carboxylic acids is 1. The Morgan fingerprint density at radius 3 is 2.95 bits per heavy atom. The van der Waals surface area contributed by atoms with E-state index in [4.69, 9.17) is 9.15 Å². The van der Waals surface area contributed by atoms with Crippen LogP contribution in [0.15, 0.2) is 16.5 Å². The molecule has 2 rings (SSSR count). The van der Waals surface area contributed by atoms with Gasteiger partial charge in [-0.05, 0) is 38.4 Å². The van der Waals surface area contributed by atoms with E-state index in [9.17, 15) is 4.79 Å². The molecule has 19 heavy (non-hydrogen) atoms. The van der Waals surface area contributed by atoms with Gasteiger partial charge in [-0.3, -0.25) is 0 Å². The quantitative estimate of drug-likeness (QED) is 0.829. The molecule has 1 saturated heterocycles. The summed E-state index contributed by atoms with van der Waals surface area (Å²) in [5.41, 5.74) is -0.290. The summed E-state index contributed by atoms with van der Waals surface area (Å²) in [4.78, 5) is 11.4. The number of nitrogens with one attached hydrogen (secondary N) is 1. The molecule has 0 radical (unpaired) electrons. The molecule has 0 amide bonds. The summed E-state index contributed by atoms with van der Waals surface area (Å²) in [5, 5.41) is 3.38. The number of rotatable bonds is 5. The summed E-state index contributed by atoms with van der Waals surface area (Å²) in [6, 6.07) is 3.40. The van der Waals surface area contributed by atoms with Crippen LogP contribution in [0.1, 0.15) is 49.0 Å². The molecule has 1 fully saturated rings. The normalized spacial score (nSPS) is 24.4. The van der Waals surface area contributed by atoms with E-state index in [0.717, 1.165) is 26.0 Å². The van der Waals surface area contributed by atoms with E-state index in [0.29, 0.717) is 5.76 Å². The van der Waals surface area contributed by atoms with Gasteiger partial charge in [-0.2, -0.15) is 0 Å². The van der Waals surface area contributed by atoms with Gasteiger partial charge in [0.15, 0.2) is 0 Å². The van der Waals surface area contributed by atoms with Crippen LogP contribution >= 0.6 is 0 Å². The van der Waals surface area contributed by atoms with E-state index in [2.05, 4.69) is 17.0 Å². The SMILES string of the molecule is CCNC(c1ccc(C(=O)OC)o1)C1(C)CCCO1. The molecule has 2 atom stereocenters. The van der Waals surface area contributed by atoms with Crippen molar-refractivity contribution in [3.8, 4) is 0 Å². The fourth-order valence-corrected chi connectivity index (χ4v) is 2.57. The molecule has 1 aromatic rings. The van der Waals surface area contributed by atoms with Crippen molar-refractivity contribution in [3.63, 3.8) is 0 Å². The minimum atomic E-state index is -0.459. The van der Waals surface area contributed by atoms with Crippen LogP contribution in [0.5, 0.6) is 0 Å². The van der Waals surface area contributed by atoms with E-state index < -0.39 is 5.97 Å². The summed E-state index contributed by atoms with van der Waals surface area (Å²) < 4.78 is 16.1. The fourth-order valence-electron chi connectivity index (χ4n) is 2.57. The zero-order valence-electron chi connectivity index (χ0n) is 11.7. The first-order valence-electron chi connectivity index (χ1n) is 6.66. The van der Waals surface area contributed by atoms with Gasteiger partial charge in [0.2, 0.25) is 5.76 Å². The molecule has 1 aromatic heterocycles. The van der Waals surface area contributed by atoms with Crippen LogP contribution in [0.3, 0.4) is 0 Å². The number of hydrogen-bond donors (Lipinski definition) is 1. The van der Waals surface area contributed by atoms with Gasteiger partial charge < -0.3 is 19.2 Å². The topological polar surface area (TPSA) is 60.7 Å². The summed E-state index contributed by atoms with van der Waals surface area (Å²) in [6.07, 6.45) is 2.02. The maximum atomic E-state index is 11.4. The second kappa shape index (κ2) is 5.75. The highest BCUT2D eigenvalue weighted by atomic mass is 16.5. The highest BCUT2D eigenvalue weighted by molar-refractivity contribution is 5.86. The lowest BCUT2D eigenvalue weighted by atomic mass is 9.91. The third-order valence-electron chi connectivity index (χ3n) is 3.57. The first-order valence-corrected chi connectivity index (χ1v) is 6.66. The average Bonchev–Trinajstić information content (AvgIpc) is 3.04. The van der Waals surface area contributed by atoms with Gasteiger partial charge in [-0.1, -0.05) is 6.92 Å². The van der Waals surface area contributed by atoms with Gasteiger partial charge >= 0.3 is 5.97 Å². The van der Waals surface area contributed by atoms with Crippen LogP contribution in [0.25, 0.3) is 0 Å². The van der Waals surface area contributed by atoms with Crippen molar-refractivity contribution in [2.24, 2.45) is 0 Å². The van der Waals surface area contributed by atoms with Gasteiger partial charge in [0, 0.05) is 6.61 Å². The van der Waals surface area contributed by atoms with Gasteiger partial charge in [-0.25, -0.2) is 4.79 Å². The Morgan fingerprint density at radius 1 is 1.58 bits per heavy atom. The highest BCUT2D eigenvalue weighted by Gasteiger charge is 2.40. The van der Waals surface area contributed by atoms with Crippen molar-refractivity contribution >= 4 is 5.97 Å². The highest BCUT2D eigenvalue weighted by Crippen LogP contribution is 2.38. The van der Waals surface area contributed by atoms with Crippen molar-refractivity contribution in [1.82, 2.24) is 5.32 Å². The van der Waals surface area contributed by atoms with Crippen LogP contribution in [-0.2, 0) is 9.47 Å². The molecule has 1 N–H and O–H groups in total. The molecule has 106 valence electrons. The Morgan fingerprint density at radius 2 is 2.37 bits per heavy atom. The Hall–Kier alpha value is -1.33. The molecule has 2 heterocycles. The summed E-state index contributed by atoms with van der Waals surface area (Å²) >= 11 is 0. The predicted octanol–water partition coefficient (Wildman–Crippen LogP) is 2.29. The maximum Gasteiger partial charge on any atom is 0.373 e. The van der Waals surface area contributed by atoms with E-state index in [1.165, 1.54) is 7.11 Å². The lowest BCUT2D eigenvalue weighted by molar-refractivity contribution is -0.0181. The summed E-state index contributed by atoms with van der Waals surface area (Å²) in [5.74, 6) is 0.479. The van der Waals surface area contributed by atoms with Crippen LogP contribution in [-0.4, -0.2) is 31.8 Å². The number of hydrogen-bond acceptors (Lipinski definition) is 5. The van der Waals surface area contributed by atoms with Crippen molar-refractivity contribution in [1.29, 1.82) is 0 Å². The number of carbonyl (C=O) groups is 1. The third kappa shape index (κ3) is 2.82. The van der Waals surface area contributed by atoms with Crippen LogP contribution in [0.4, 0.5) is 0 Å². The number of methoxy groups -OCH3 is 1. The number of esters is 1. The van der Waals surface area contributed by atoms with Crippen molar-refractivity contribution in [2.75, 3.05) is 20.3 Å². The molecular formula is C14H21NO4. The molecule has 2 unspecified atom stereocenters. The number of likely N-dealkylation sites (N-methyl/N-ethyl adjacent to an activating group) is 1. The zero-order valence-corrected chi connectivity index (χ0v) is 11.7. The van der Waals surface area contributed by atoms with Crippen molar-refractivity contribution in [3.05, 3.63) is 23.7 Å². The predicted molar refractivity (Wildman–Crippen MR) is 70.1 cm³/mol. The van der Waals surface area contributed by atoms with Gasteiger partial charge in [-0.15, -0.1) is 0 Å². The van der Waals surface area contributed by atoms with E-state index in [-0.39, 0.29) is 17.4 Å². The Labute approximate surface area is 113 Å². The lowest BCUT2D eigenvalue weighted by Gasteiger charge is -2.32. The molecule has 1 aliphatic heterocycles. The Bertz CT molecular complexity index is 434. The minimum Gasteiger partial charge on any atom is -0.463 e. The molecule has 0 aliphatic carbocycles. The molecule has 0 aromatic carbocycles. The monoisotopic (exact) mass is 267 g/mol. The molecule has 1 aliphatic rings. The second-order valence-corrected chi connectivity index (χ2v) is 4.95. The van der Waals surface area contributed by atoms with Crippen LogP contribution in [0.2, 0.25) is 0 Å². The van der Waals surface area contributed by atoms with Crippen molar-refractivity contribution < 1.29 is 18.7 Å². The third-order valence-corrected chi connectivity index (χ3v) is 3.57. The fraction of sp³-hybridized carbons (Fsp3) is 0.643. The maximum absolute atomic E-state index is 11.4. The smallest absolute Gasteiger partial charge is 0.373 e. The van der Waals surface area contributed by atoms with Gasteiger partial charge in [0.1, 0.15) is 5.76 Å². The van der Waals surface area contributed by atoms with E-state index in [1.54, 1.807) is 6.07 Å². The molecule has 0 saturated carbocycles. The van der Waals surface area contributed by atoms with Crippen LogP contribution < -0.4 is 5.32 Å². The molecule has 5 nitrogen and oxygen atoms in total. The number of ether oxygens (including phenoxy) is 2. The second-order valence-electron chi connectivity index (χ2n) is 4.95. The van der Waals surface area contributed by atoms with Crippen LogP contribution in [0, 0.1) is 0 Å². The first-order chi connectivity index (χ1) is 9.10. The minimum absolute atomic E-state index is 0.0570. The molecule has 0 spiro atoms. The largest absolute Gasteiger partial charge is 0.463 e. The Balaban J connectivity index is 2.23. The van der Waals surface area contributed by atoms with Gasteiger partial charge in [0.25, 0.3) is 0 Å². The average molecular weight is 267 g/mol. The van der Waals surface area contributed by atoms with E-state index in [1.807, 2.05) is 13.0 Å². The summed E-state index contributed by atoms with van der Waals surface area (Å²) in [6.45, 7) is 5.68. The lowest BCUT2D eigenvalue weighted by Crippen LogP contribution is -2.41. The molecule has 0 bridgehead atoms. The van der Waals surface area contributed by atoms with E-state index >= 15 is 0 Å². The molecule has 5 heteroatoms.